The first kappa shape index (κ1) is 13.0. The number of hydrogen-bond donors (Lipinski definition) is 2. The molecule has 0 bridgehead atoms. The monoisotopic (exact) mass is 269 g/mol. The van der Waals surface area contributed by atoms with Crippen molar-refractivity contribution in [3.63, 3.8) is 0 Å². The van der Waals surface area contributed by atoms with Crippen molar-refractivity contribution in [2.24, 2.45) is 0 Å². The largest absolute Gasteiger partial charge is 0.376 e. The highest BCUT2D eigenvalue weighted by molar-refractivity contribution is 7.14. The van der Waals surface area contributed by atoms with Gasteiger partial charge in [0.25, 0.3) is 5.91 Å². The van der Waals surface area contributed by atoms with Gasteiger partial charge in [-0.1, -0.05) is 0 Å². The third kappa shape index (κ3) is 3.05. The number of nitrogens with zero attached hydrogens (tertiary/aromatic N) is 1. The Balaban J connectivity index is 1.96. The Labute approximate surface area is 109 Å². The summed E-state index contributed by atoms with van der Waals surface area (Å²) in [5.41, 5.74) is 0.322. The Kier molecular flexibility index (Phi) is 3.93. The van der Waals surface area contributed by atoms with Crippen molar-refractivity contribution in [3.8, 4) is 0 Å². The van der Waals surface area contributed by atoms with Gasteiger partial charge in [-0.2, -0.15) is 0 Å². The van der Waals surface area contributed by atoms with Crippen LogP contribution in [0.1, 0.15) is 30.8 Å². The second-order valence-electron chi connectivity index (χ2n) is 4.16. The molecule has 98 valence electrons. The van der Waals surface area contributed by atoms with Gasteiger partial charge in [0.15, 0.2) is 5.13 Å². The van der Waals surface area contributed by atoms with E-state index in [-0.39, 0.29) is 24.0 Å². The van der Waals surface area contributed by atoms with Crippen LogP contribution < -0.4 is 10.6 Å². The summed E-state index contributed by atoms with van der Waals surface area (Å²) in [5.74, 6) is -0.431. The zero-order valence-electron chi connectivity index (χ0n) is 10.2. The predicted molar refractivity (Wildman–Crippen MR) is 67.7 cm³/mol. The van der Waals surface area contributed by atoms with Crippen molar-refractivity contribution >= 4 is 28.3 Å². The second-order valence-corrected chi connectivity index (χ2v) is 5.02. The Morgan fingerprint density at radius 3 is 2.94 bits per heavy atom. The van der Waals surface area contributed by atoms with Crippen LogP contribution in [0.2, 0.25) is 0 Å². The lowest BCUT2D eigenvalue weighted by molar-refractivity contribution is -0.114. The molecule has 7 heteroatoms. The minimum atomic E-state index is -0.231. The second kappa shape index (κ2) is 5.45. The number of rotatable bonds is 3. The van der Waals surface area contributed by atoms with Gasteiger partial charge in [0.1, 0.15) is 5.69 Å². The Bertz CT molecular complexity index is 460. The molecule has 2 atom stereocenters. The maximum absolute atomic E-state index is 11.9. The summed E-state index contributed by atoms with van der Waals surface area (Å²) in [4.78, 5) is 26.8. The van der Waals surface area contributed by atoms with Crippen LogP contribution in [0.15, 0.2) is 5.38 Å². The molecule has 2 heterocycles. The number of amides is 2. The summed E-state index contributed by atoms with van der Waals surface area (Å²) >= 11 is 1.23. The van der Waals surface area contributed by atoms with Crippen LogP contribution in [-0.2, 0) is 9.53 Å². The SMILES string of the molecule is CC(=O)Nc1nc(C(=O)N[C@@H]2CCO[C@@H]2C)cs1. The normalized spacial score (nSPS) is 22.8. The number of thiazole rings is 1. The summed E-state index contributed by atoms with van der Waals surface area (Å²) in [6.07, 6.45) is 0.845. The summed E-state index contributed by atoms with van der Waals surface area (Å²) in [5, 5.41) is 7.49. The molecular formula is C11H15N3O3S. The van der Waals surface area contributed by atoms with Crippen molar-refractivity contribution in [2.75, 3.05) is 11.9 Å². The van der Waals surface area contributed by atoms with E-state index in [0.29, 0.717) is 17.4 Å². The highest BCUT2D eigenvalue weighted by Gasteiger charge is 2.26. The van der Waals surface area contributed by atoms with Crippen LogP contribution in [0.25, 0.3) is 0 Å². The number of hydrogen-bond acceptors (Lipinski definition) is 5. The van der Waals surface area contributed by atoms with Crippen molar-refractivity contribution < 1.29 is 14.3 Å². The number of ether oxygens (including phenoxy) is 1. The van der Waals surface area contributed by atoms with Gasteiger partial charge in [-0.15, -0.1) is 11.3 Å². The van der Waals surface area contributed by atoms with Crippen molar-refractivity contribution in [1.29, 1.82) is 0 Å². The summed E-state index contributed by atoms with van der Waals surface area (Å²) in [6, 6.07) is 0.0309. The molecule has 2 amide bonds. The maximum Gasteiger partial charge on any atom is 0.271 e. The first-order chi connectivity index (χ1) is 8.56. The van der Waals surface area contributed by atoms with Crippen molar-refractivity contribution in [3.05, 3.63) is 11.1 Å². The van der Waals surface area contributed by atoms with Gasteiger partial charge in [-0.25, -0.2) is 4.98 Å². The molecule has 0 unspecified atom stereocenters. The molecule has 0 aliphatic carbocycles. The summed E-state index contributed by atoms with van der Waals surface area (Å²) < 4.78 is 5.37. The third-order valence-corrected chi connectivity index (χ3v) is 3.47. The van der Waals surface area contributed by atoms with Crippen LogP contribution in [-0.4, -0.2) is 35.6 Å². The minimum Gasteiger partial charge on any atom is -0.376 e. The van der Waals surface area contributed by atoms with Gasteiger partial charge in [-0.05, 0) is 13.3 Å². The first-order valence-electron chi connectivity index (χ1n) is 5.72. The molecule has 2 N–H and O–H groups in total. The molecule has 18 heavy (non-hydrogen) atoms. The predicted octanol–water partition coefficient (Wildman–Crippen LogP) is 1.01. The number of carbonyl (C=O) groups is 2. The summed E-state index contributed by atoms with van der Waals surface area (Å²) in [6.45, 7) is 4.00. The molecule has 1 saturated heterocycles. The van der Waals surface area contributed by atoms with Gasteiger partial charge >= 0.3 is 0 Å². The highest BCUT2D eigenvalue weighted by atomic mass is 32.1. The van der Waals surface area contributed by atoms with Gasteiger partial charge in [0.2, 0.25) is 5.91 Å². The molecule has 0 aromatic carbocycles. The lowest BCUT2D eigenvalue weighted by Gasteiger charge is -2.14. The average molecular weight is 269 g/mol. The Morgan fingerprint density at radius 2 is 2.33 bits per heavy atom. The fraction of sp³-hybridized carbons (Fsp3) is 0.545. The van der Waals surface area contributed by atoms with Gasteiger partial charge in [0.05, 0.1) is 12.1 Å². The molecule has 0 radical (unpaired) electrons. The zero-order chi connectivity index (χ0) is 13.1. The number of aromatic nitrogens is 1. The van der Waals surface area contributed by atoms with Gasteiger partial charge < -0.3 is 15.4 Å². The van der Waals surface area contributed by atoms with E-state index < -0.39 is 0 Å². The molecule has 1 fully saturated rings. The lowest BCUT2D eigenvalue weighted by atomic mass is 10.1. The number of anilines is 1. The van der Waals surface area contributed by atoms with Crippen LogP contribution in [0.5, 0.6) is 0 Å². The number of carbonyl (C=O) groups excluding carboxylic acids is 2. The molecule has 2 rings (SSSR count). The molecule has 0 spiro atoms. The smallest absolute Gasteiger partial charge is 0.271 e. The molecule has 1 aromatic rings. The molecule has 1 aliphatic rings. The minimum absolute atomic E-state index is 0.0300. The quantitative estimate of drug-likeness (QED) is 0.858. The lowest BCUT2D eigenvalue weighted by Crippen LogP contribution is -2.39. The standard InChI is InChI=1S/C11H15N3O3S/c1-6-8(3-4-17-6)13-10(16)9-5-18-11(14-9)12-7(2)15/h5-6,8H,3-4H2,1-2H3,(H,13,16)(H,12,14,15)/t6-,8-/m1/s1. The van der Waals surface area contributed by atoms with E-state index in [4.69, 9.17) is 4.74 Å². The molecule has 6 nitrogen and oxygen atoms in total. The van der Waals surface area contributed by atoms with Crippen LogP contribution in [0.3, 0.4) is 0 Å². The van der Waals surface area contributed by atoms with E-state index in [2.05, 4.69) is 15.6 Å². The van der Waals surface area contributed by atoms with E-state index in [9.17, 15) is 9.59 Å². The average Bonchev–Trinajstić information content (AvgIpc) is 2.88. The maximum atomic E-state index is 11.9. The van der Waals surface area contributed by atoms with Crippen LogP contribution >= 0.6 is 11.3 Å². The third-order valence-electron chi connectivity index (χ3n) is 2.71. The Morgan fingerprint density at radius 1 is 1.56 bits per heavy atom. The molecule has 1 aromatic heterocycles. The van der Waals surface area contributed by atoms with E-state index in [0.717, 1.165) is 6.42 Å². The highest BCUT2D eigenvalue weighted by Crippen LogP contribution is 2.17. The fourth-order valence-electron chi connectivity index (χ4n) is 1.75. The van der Waals surface area contributed by atoms with Crippen LogP contribution in [0.4, 0.5) is 5.13 Å². The molecule has 1 aliphatic heterocycles. The van der Waals surface area contributed by atoms with E-state index in [1.54, 1.807) is 5.38 Å². The number of nitrogens with one attached hydrogen (secondary N) is 2. The fourth-order valence-corrected chi connectivity index (χ4v) is 2.49. The summed E-state index contributed by atoms with van der Waals surface area (Å²) in [7, 11) is 0. The zero-order valence-corrected chi connectivity index (χ0v) is 11.0. The van der Waals surface area contributed by atoms with Crippen molar-refractivity contribution in [1.82, 2.24) is 10.3 Å². The topological polar surface area (TPSA) is 80.3 Å². The van der Waals surface area contributed by atoms with E-state index >= 15 is 0 Å². The first-order valence-corrected chi connectivity index (χ1v) is 6.60. The Hall–Kier alpha value is -1.47. The van der Waals surface area contributed by atoms with E-state index in [1.165, 1.54) is 18.3 Å². The van der Waals surface area contributed by atoms with Crippen molar-refractivity contribution in [2.45, 2.75) is 32.4 Å². The van der Waals surface area contributed by atoms with Gasteiger partial charge in [-0.3, -0.25) is 9.59 Å². The van der Waals surface area contributed by atoms with Crippen LogP contribution in [0, 0.1) is 0 Å². The van der Waals surface area contributed by atoms with E-state index in [1.807, 2.05) is 6.92 Å². The van der Waals surface area contributed by atoms with Gasteiger partial charge in [0, 0.05) is 18.9 Å². The molecule has 0 saturated carbocycles. The molecular weight excluding hydrogens is 254 g/mol.